The third-order valence-corrected chi connectivity index (χ3v) is 6.13. The molecule has 0 aliphatic heterocycles. The number of fused-ring (bicyclic) bond motifs is 1. The topological polar surface area (TPSA) is 69.0 Å². The number of nitrogens with zero attached hydrogens (tertiary/aromatic N) is 3. The van der Waals surface area contributed by atoms with E-state index in [0.29, 0.717) is 11.7 Å². The fourth-order valence-corrected chi connectivity index (χ4v) is 4.33. The highest BCUT2D eigenvalue weighted by Crippen LogP contribution is 2.32. The molecule has 4 aromatic rings. The smallest absolute Gasteiger partial charge is 0.237 e. The van der Waals surface area contributed by atoms with Crippen molar-refractivity contribution in [2.24, 2.45) is 0 Å². The van der Waals surface area contributed by atoms with Crippen LogP contribution >= 0.6 is 11.8 Å². The van der Waals surface area contributed by atoms with Gasteiger partial charge in [0, 0.05) is 12.2 Å². The van der Waals surface area contributed by atoms with Crippen molar-refractivity contribution in [2.75, 3.05) is 12.4 Å². The lowest BCUT2D eigenvalue weighted by Gasteiger charge is -2.14. The first-order chi connectivity index (χ1) is 15.1. The number of carbonyl (C=O) groups excluding carboxylic acids is 1. The van der Waals surface area contributed by atoms with Crippen LogP contribution in [0.4, 0.5) is 5.69 Å². The summed E-state index contributed by atoms with van der Waals surface area (Å²) >= 11 is 1.39. The Kier molecular flexibility index (Phi) is 6.23. The van der Waals surface area contributed by atoms with Crippen molar-refractivity contribution in [3.05, 3.63) is 66.7 Å². The van der Waals surface area contributed by atoms with Crippen LogP contribution in [-0.4, -0.2) is 33.0 Å². The van der Waals surface area contributed by atoms with Crippen molar-refractivity contribution in [3.8, 4) is 17.1 Å². The van der Waals surface area contributed by atoms with Crippen LogP contribution in [-0.2, 0) is 11.3 Å². The number of methoxy groups -OCH3 is 1. The number of benzene rings is 3. The second-order valence-electron chi connectivity index (χ2n) is 7.06. The molecule has 4 rings (SSSR count). The van der Waals surface area contributed by atoms with Gasteiger partial charge in [-0.1, -0.05) is 54.2 Å². The first kappa shape index (κ1) is 20.9. The molecule has 0 radical (unpaired) electrons. The predicted molar refractivity (Wildman–Crippen MR) is 126 cm³/mol. The minimum atomic E-state index is -0.341. The fraction of sp³-hybridized carbons (Fsp3) is 0.208. The summed E-state index contributed by atoms with van der Waals surface area (Å²) in [6.07, 6.45) is 0. The Morgan fingerprint density at radius 2 is 1.81 bits per heavy atom. The molecule has 1 amide bonds. The Morgan fingerprint density at radius 1 is 1.06 bits per heavy atom. The van der Waals surface area contributed by atoms with Crippen LogP contribution < -0.4 is 10.1 Å². The van der Waals surface area contributed by atoms with E-state index >= 15 is 0 Å². The van der Waals surface area contributed by atoms with Crippen molar-refractivity contribution in [1.29, 1.82) is 0 Å². The number of hydrogen-bond acceptors (Lipinski definition) is 5. The number of hydrogen-bond donors (Lipinski definition) is 1. The highest BCUT2D eigenvalue weighted by molar-refractivity contribution is 8.00. The quantitative estimate of drug-likeness (QED) is 0.404. The van der Waals surface area contributed by atoms with Gasteiger partial charge in [0.05, 0.1) is 17.9 Å². The number of amides is 1. The summed E-state index contributed by atoms with van der Waals surface area (Å²) in [5.74, 6) is 1.39. The summed E-state index contributed by atoms with van der Waals surface area (Å²) in [6, 6.07) is 21.7. The zero-order valence-corrected chi connectivity index (χ0v) is 18.5. The Hall–Kier alpha value is -3.32. The van der Waals surface area contributed by atoms with Gasteiger partial charge in [0.25, 0.3) is 0 Å². The van der Waals surface area contributed by atoms with E-state index in [1.165, 1.54) is 11.8 Å². The Bertz CT molecular complexity index is 1220. The molecule has 3 aromatic carbocycles. The summed E-state index contributed by atoms with van der Waals surface area (Å²) in [6.45, 7) is 4.59. The van der Waals surface area contributed by atoms with E-state index in [1.54, 1.807) is 7.11 Å². The third-order valence-electron chi connectivity index (χ3n) is 5.05. The van der Waals surface area contributed by atoms with Gasteiger partial charge in [-0.2, -0.15) is 0 Å². The van der Waals surface area contributed by atoms with Gasteiger partial charge >= 0.3 is 0 Å². The monoisotopic (exact) mass is 432 g/mol. The van der Waals surface area contributed by atoms with E-state index in [0.717, 1.165) is 33.6 Å². The van der Waals surface area contributed by atoms with Gasteiger partial charge < -0.3 is 14.6 Å². The Labute approximate surface area is 185 Å². The SMILES string of the molecule is CCn1c(SC(C)C(=O)Nc2ccc3ccccc3c2)nnc1-c1ccccc1OC. The van der Waals surface area contributed by atoms with E-state index in [4.69, 9.17) is 4.74 Å². The molecule has 1 aromatic heterocycles. The summed E-state index contributed by atoms with van der Waals surface area (Å²) in [4.78, 5) is 12.8. The minimum Gasteiger partial charge on any atom is -0.496 e. The highest BCUT2D eigenvalue weighted by atomic mass is 32.2. The third kappa shape index (κ3) is 4.41. The number of thioether (sulfide) groups is 1. The molecular formula is C24H24N4O2S. The van der Waals surface area contributed by atoms with E-state index in [1.807, 2.05) is 79.1 Å². The normalized spacial score (nSPS) is 12.0. The van der Waals surface area contributed by atoms with Crippen LogP contribution in [0.5, 0.6) is 5.75 Å². The molecule has 0 saturated carbocycles. The first-order valence-corrected chi connectivity index (χ1v) is 11.0. The lowest BCUT2D eigenvalue weighted by atomic mass is 10.1. The van der Waals surface area contributed by atoms with E-state index < -0.39 is 0 Å². The molecule has 7 heteroatoms. The maximum atomic E-state index is 12.8. The number of para-hydroxylation sites is 1. The number of ether oxygens (including phenoxy) is 1. The standard InChI is InChI=1S/C24H24N4O2S/c1-4-28-22(20-11-7-8-12-21(20)30-3)26-27-24(28)31-16(2)23(29)25-19-14-13-17-9-5-6-10-18(17)15-19/h5-16H,4H2,1-3H3,(H,25,29). The second kappa shape index (κ2) is 9.22. The average molecular weight is 433 g/mol. The number of nitrogens with one attached hydrogen (secondary N) is 1. The Morgan fingerprint density at radius 3 is 2.58 bits per heavy atom. The lowest BCUT2D eigenvalue weighted by Crippen LogP contribution is -2.23. The zero-order chi connectivity index (χ0) is 21.8. The largest absolute Gasteiger partial charge is 0.496 e. The summed E-state index contributed by atoms with van der Waals surface area (Å²) in [5, 5.41) is 14.3. The van der Waals surface area contributed by atoms with Crippen LogP contribution in [0.1, 0.15) is 13.8 Å². The molecule has 0 aliphatic rings. The number of rotatable bonds is 7. The molecule has 0 saturated heterocycles. The molecule has 31 heavy (non-hydrogen) atoms. The van der Waals surface area contributed by atoms with E-state index in [-0.39, 0.29) is 11.2 Å². The van der Waals surface area contributed by atoms with Crippen LogP contribution in [0, 0.1) is 0 Å². The summed E-state index contributed by atoms with van der Waals surface area (Å²) < 4.78 is 7.48. The van der Waals surface area contributed by atoms with Crippen LogP contribution in [0.25, 0.3) is 22.2 Å². The van der Waals surface area contributed by atoms with Crippen molar-refractivity contribution >= 4 is 34.1 Å². The molecule has 0 fully saturated rings. The second-order valence-corrected chi connectivity index (χ2v) is 8.37. The van der Waals surface area contributed by atoms with E-state index in [9.17, 15) is 4.79 Å². The zero-order valence-electron chi connectivity index (χ0n) is 17.7. The van der Waals surface area contributed by atoms with Gasteiger partial charge in [0.2, 0.25) is 5.91 Å². The number of anilines is 1. The fourth-order valence-electron chi connectivity index (χ4n) is 3.41. The molecule has 1 N–H and O–H groups in total. The molecule has 6 nitrogen and oxygen atoms in total. The van der Waals surface area contributed by atoms with Gasteiger partial charge in [-0.05, 0) is 48.9 Å². The summed E-state index contributed by atoms with van der Waals surface area (Å²) in [5.41, 5.74) is 1.65. The van der Waals surface area contributed by atoms with Crippen LogP contribution in [0.15, 0.2) is 71.9 Å². The molecule has 0 spiro atoms. The molecule has 1 unspecified atom stereocenters. The molecule has 0 bridgehead atoms. The van der Waals surface area contributed by atoms with Gasteiger partial charge in [-0.15, -0.1) is 10.2 Å². The van der Waals surface area contributed by atoms with Crippen LogP contribution in [0.3, 0.4) is 0 Å². The van der Waals surface area contributed by atoms with Gasteiger partial charge in [-0.25, -0.2) is 0 Å². The molecule has 1 heterocycles. The van der Waals surface area contributed by atoms with Crippen molar-refractivity contribution in [2.45, 2.75) is 30.8 Å². The first-order valence-electron chi connectivity index (χ1n) is 10.1. The molecule has 1 atom stereocenters. The predicted octanol–water partition coefficient (Wildman–Crippen LogP) is 5.25. The van der Waals surface area contributed by atoms with Crippen molar-refractivity contribution in [1.82, 2.24) is 14.8 Å². The molecule has 158 valence electrons. The van der Waals surface area contributed by atoms with Gasteiger partial charge in [0.15, 0.2) is 11.0 Å². The van der Waals surface area contributed by atoms with Crippen molar-refractivity contribution < 1.29 is 9.53 Å². The van der Waals surface area contributed by atoms with Gasteiger partial charge in [0.1, 0.15) is 5.75 Å². The average Bonchev–Trinajstić information content (AvgIpc) is 3.21. The maximum Gasteiger partial charge on any atom is 0.237 e. The van der Waals surface area contributed by atoms with Crippen molar-refractivity contribution in [3.63, 3.8) is 0 Å². The molecular weight excluding hydrogens is 408 g/mol. The lowest BCUT2D eigenvalue weighted by molar-refractivity contribution is -0.115. The highest BCUT2D eigenvalue weighted by Gasteiger charge is 2.21. The summed E-state index contributed by atoms with van der Waals surface area (Å²) in [7, 11) is 1.64. The number of carbonyl (C=O) groups is 1. The van der Waals surface area contributed by atoms with E-state index in [2.05, 4.69) is 21.6 Å². The minimum absolute atomic E-state index is 0.0789. The maximum absolute atomic E-state index is 12.8. The Balaban J connectivity index is 1.51. The van der Waals surface area contributed by atoms with Gasteiger partial charge in [-0.3, -0.25) is 4.79 Å². The number of aromatic nitrogens is 3. The van der Waals surface area contributed by atoms with Crippen LogP contribution in [0.2, 0.25) is 0 Å². The molecule has 0 aliphatic carbocycles.